The molecule has 0 amide bonds. The fourth-order valence-corrected chi connectivity index (χ4v) is 8.11. The van der Waals surface area contributed by atoms with Crippen molar-refractivity contribution in [3.63, 3.8) is 0 Å². The van der Waals surface area contributed by atoms with Crippen LogP contribution < -0.4 is 4.89 Å². The maximum atomic E-state index is 12.7. The van der Waals surface area contributed by atoms with Gasteiger partial charge in [0.1, 0.15) is 19.3 Å². The van der Waals surface area contributed by atoms with Crippen molar-refractivity contribution in [2.45, 2.75) is 245 Å². The van der Waals surface area contributed by atoms with Gasteiger partial charge in [-0.3, -0.25) is 9.36 Å². The summed E-state index contributed by atoms with van der Waals surface area (Å²) in [6.45, 7) is 5.42. The molecule has 0 rings (SSSR count). The molecular weight excluding hydrogens is 794 g/mol. The lowest BCUT2D eigenvalue weighted by atomic mass is 10.0. The van der Waals surface area contributed by atoms with Crippen LogP contribution in [0.1, 0.15) is 239 Å². The van der Waals surface area contributed by atoms with E-state index >= 15 is 0 Å². The molecule has 0 aromatic heterocycles. The van der Waals surface area contributed by atoms with Crippen molar-refractivity contribution in [2.75, 3.05) is 54.1 Å². The lowest BCUT2D eigenvalue weighted by Crippen LogP contribution is -2.37. The Morgan fingerprint density at radius 2 is 0.887 bits per heavy atom. The highest BCUT2D eigenvalue weighted by Gasteiger charge is 2.20. The average molecular weight is 896 g/mol. The number of rotatable bonds is 49. The van der Waals surface area contributed by atoms with E-state index in [-0.39, 0.29) is 25.8 Å². The van der Waals surface area contributed by atoms with E-state index in [4.69, 9.17) is 18.5 Å². The van der Waals surface area contributed by atoms with Crippen LogP contribution in [0.2, 0.25) is 0 Å². The number of unbranched alkanes of at least 4 members (excludes halogenated alkanes) is 29. The predicted molar refractivity (Wildman–Crippen MR) is 263 cm³/mol. The van der Waals surface area contributed by atoms with Crippen molar-refractivity contribution in [1.82, 2.24) is 0 Å². The van der Waals surface area contributed by atoms with Gasteiger partial charge < -0.3 is 27.9 Å². The number of hydrogen-bond donors (Lipinski definition) is 0. The third-order valence-electron chi connectivity index (χ3n) is 11.4. The molecular formula is C53H102NO7P. The molecule has 8 nitrogen and oxygen atoms in total. The third-order valence-corrected chi connectivity index (χ3v) is 12.4. The zero-order chi connectivity index (χ0) is 45.5. The standard InChI is InChI=1S/C53H102NO7P/c1-6-8-10-12-14-16-18-20-22-24-26-27-28-29-31-33-35-37-39-41-43-45-48-58-50-52(51-60-62(56,57)59-49-47-54(3,4)5)61-53(55)46-44-42-40-38-36-34-32-30-25-23-21-19-17-15-13-11-9-7-2/h18,20,24,26,28-29,52H,6-17,19,21-23,25,27,30-51H2,1-5H3/b20-18-,26-24-,29-28-. The van der Waals surface area contributed by atoms with Gasteiger partial charge in [0.25, 0.3) is 7.82 Å². The van der Waals surface area contributed by atoms with E-state index in [0.29, 0.717) is 24.1 Å². The summed E-state index contributed by atoms with van der Waals surface area (Å²) in [5.74, 6) is -0.334. The molecule has 0 saturated carbocycles. The number of carbonyl (C=O) groups excluding carboxylic acids is 1. The van der Waals surface area contributed by atoms with Crippen LogP contribution in [0, 0.1) is 0 Å². The monoisotopic (exact) mass is 896 g/mol. The quantitative estimate of drug-likeness (QED) is 0.0197. The summed E-state index contributed by atoms with van der Waals surface area (Å²) in [6.07, 6.45) is 55.9. The van der Waals surface area contributed by atoms with Crippen LogP contribution in [0.3, 0.4) is 0 Å². The van der Waals surface area contributed by atoms with Crippen LogP contribution >= 0.6 is 7.82 Å². The van der Waals surface area contributed by atoms with Crippen molar-refractivity contribution in [3.8, 4) is 0 Å². The zero-order valence-corrected chi connectivity index (χ0v) is 42.5. The minimum atomic E-state index is -4.53. The number of phosphoric acid groups is 1. The van der Waals surface area contributed by atoms with Gasteiger partial charge in [-0.25, -0.2) is 0 Å². The van der Waals surface area contributed by atoms with E-state index < -0.39 is 13.9 Å². The Balaban J connectivity index is 4.14. The fourth-order valence-electron chi connectivity index (χ4n) is 7.38. The van der Waals surface area contributed by atoms with E-state index in [1.165, 1.54) is 167 Å². The van der Waals surface area contributed by atoms with Gasteiger partial charge in [0.05, 0.1) is 34.4 Å². The summed E-state index contributed by atoms with van der Waals surface area (Å²) >= 11 is 0. The van der Waals surface area contributed by atoms with Gasteiger partial charge in [-0.2, -0.15) is 0 Å². The molecule has 0 radical (unpaired) electrons. The highest BCUT2D eigenvalue weighted by Crippen LogP contribution is 2.38. The minimum Gasteiger partial charge on any atom is -0.756 e. The Kier molecular flexibility index (Phi) is 45.3. The number of phosphoric ester groups is 1. The molecule has 0 aromatic rings. The van der Waals surface area contributed by atoms with E-state index in [1.807, 2.05) is 21.1 Å². The van der Waals surface area contributed by atoms with Crippen molar-refractivity contribution in [3.05, 3.63) is 36.5 Å². The molecule has 9 heteroatoms. The summed E-state index contributed by atoms with van der Waals surface area (Å²) < 4.78 is 34.8. The SMILES string of the molecule is CCCCCCC/C=C\C/C=C\C/C=C\CCCCCCCCCOCC(COP(=O)([O-])OCC[N+](C)(C)C)OC(=O)CCCCCCCCCCCCCCCCCCCC. The molecule has 0 spiro atoms. The minimum absolute atomic E-state index is 0.0251. The first-order valence-corrected chi connectivity index (χ1v) is 27.7. The van der Waals surface area contributed by atoms with Gasteiger partial charge in [0, 0.05) is 13.0 Å². The molecule has 62 heavy (non-hydrogen) atoms. The molecule has 2 atom stereocenters. The second-order valence-corrected chi connectivity index (χ2v) is 20.3. The van der Waals surface area contributed by atoms with Crippen LogP contribution in [0.5, 0.6) is 0 Å². The Labute approximate surface area is 385 Å². The number of quaternary nitrogens is 1. The average Bonchev–Trinajstić information content (AvgIpc) is 3.23. The number of nitrogens with zero attached hydrogens (tertiary/aromatic N) is 1. The van der Waals surface area contributed by atoms with Crippen molar-refractivity contribution < 1.29 is 37.3 Å². The van der Waals surface area contributed by atoms with Gasteiger partial charge in [-0.15, -0.1) is 0 Å². The van der Waals surface area contributed by atoms with Gasteiger partial charge in [0.2, 0.25) is 0 Å². The second-order valence-electron chi connectivity index (χ2n) is 18.9. The zero-order valence-electron chi connectivity index (χ0n) is 41.6. The fraction of sp³-hybridized carbons (Fsp3) is 0.868. The van der Waals surface area contributed by atoms with Crippen LogP contribution in [0.25, 0.3) is 0 Å². The largest absolute Gasteiger partial charge is 0.756 e. The molecule has 0 heterocycles. The maximum Gasteiger partial charge on any atom is 0.306 e. The van der Waals surface area contributed by atoms with E-state index in [2.05, 4.69) is 50.3 Å². The molecule has 0 aromatic carbocycles. The Hall–Kier alpha value is -1.28. The van der Waals surface area contributed by atoms with E-state index in [9.17, 15) is 14.3 Å². The Bertz CT molecular complexity index is 1090. The van der Waals surface area contributed by atoms with Gasteiger partial charge in [-0.1, -0.05) is 217 Å². The van der Waals surface area contributed by atoms with E-state index in [1.54, 1.807) is 0 Å². The second kappa shape index (κ2) is 46.3. The van der Waals surface area contributed by atoms with Crippen molar-refractivity contribution >= 4 is 13.8 Å². The number of hydrogen-bond acceptors (Lipinski definition) is 7. The molecule has 366 valence electrons. The first-order chi connectivity index (χ1) is 30.1. The van der Waals surface area contributed by atoms with Crippen molar-refractivity contribution in [2.24, 2.45) is 0 Å². The highest BCUT2D eigenvalue weighted by atomic mass is 31.2. The summed E-state index contributed by atoms with van der Waals surface area (Å²) in [4.78, 5) is 25.2. The molecule has 0 fully saturated rings. The first kappa shape index (κ1) is 60.7. The van der Waals surface area contributed by atoms with Gasteiger partial charge >= 0.3 is 5.97 Å². The van der Waals surface area contributed by atoms with Crippen LogP contribution in [-0.2, 0) is 27.9 Å². The predicted octanol–water partition coefficient (Wildman–Crippen LogP) is 15.5. The number of ether oxygens (including phenoxy) is 2. The third kappa shape index (κ3) is 49.7. The maximum absolute atomic E-state index is 12.7. The number of likely N-dealkylation sites (N-methyl/N-ethyl adjacent to an activating group) is 1. The van der Waals surface area contributed by atoms with E-state index in [0.717, 1.165) is 51.4 Å². The van der Waals surface area contributed by atoms with Crippen LogP contribution in [0.4, 0.5) is 0 Å². The summed E-state index contributed by atoms with van der Waals surface area (Å²) in [6, 6.07) is 0. The topological polar surface area (TPSA) is 94.1 Å². The van der Waals surface area contributed by atoms with Crippen LogP contribution in [0.15, 0.2) is 36.5 Å². The Morgan fingerprint density at radius 3 is 1.32 bits per heavy atom. The normalized spacial score (nSPS) is 13.8. The van der Waals surface area contributed by atoms with Gasteiger partial charge in [-0.05, 0) is 51.4 Å². The lowest BCUT2D eigenvalue weighted by molar-refractivity contribution is -0.870. The molecule has 0 saturated heterocycles. The summed E-state index contributed by atoms with van der Waals surface area (Å²) in [7, 11) is 1.36. The molecule has 0 aliphatic carbocycles. The first-order valence-electron chi connectivity index (χ1n) is 26.2. The lowest BCUT2D eigenvalue weighted by Gasteiger charge is -2.28. The molecule has 0 aliphatic rings. The summed E-state index contributed by atoms with van der Waals surface area (Å²) in [5.41, 5.74) is 0. The molecule has 0 bridgehead atoms. The number of carbonyl (C=O) groups is 1. The molecule has 0 N–H and O–H groups in total. The van der Waals surface area contributed by atoms with Gasteiger partial charge in [0.15, 0.2) is 0 Å². The highest BCUT2D eigenvalue weighted by molar-refractivity contribution is 7.45. The molecule has 0 aliphatic heterocycles. The number of esters is 1. The Morgan fingerprint density at radius 1 is 0.500 bits per heavy atom. The molecule has 2 unspecified atom stereocenters. The number of allylic oxidation sites excluding steroid dienone is 6. The summed E-state index contributed by atoms with van der Waals surface area (Å²) in [5, 5.41) is 0. The van der Waals surface area contributed by atoms with Crippen LogP contribution in [-0.4, -0.2) is 70.7 Å². The van der Waals surface area contributed by atoms with Crippen molar-refractivity contribution in [1.29, 1.82) is 0 Å². The smallest absolute Gasteiger partial charge is 0.306 e.